The molecule has 3 rings (SSSR count). The third kappa shape index (κ3) is 4.57. The molecule has 134 valence electrons. The highest BCUT2D eigenvalue weighted by molar-refractivity contribution is 5.74. The van der Waals surface area contributed by atoms with Crippen molar-refractivity contribution >= 4 is 6.03 Å². The van der Waals surface area contributed by atoms with E-state index in [1.54, 1.807) is 7.11 Å². The van der Waals surface area contributed by atoms with E-state index in [0.29, 0.717) is 31.4 Å². The molecule has 0 spiro atoms. The van der Waals surface area contributed by atoms with E-state index in [4.69, 9.17) is 9.26 Å². The molecule has 0 bridgehead atoms. The van der Waals surface area contributed by atoms with Gasteiger partial charge in [-0.1, -0.05) is 48.3 Å². The normalized spacial score (nSPS) is 18.0. The second kappa shape index (κ2) is 8.62. The molecule has 0 radical (unpaired) electrons. The van der Waals surface area contributed by atoms with E-state index in [1.807, 2.05) is 35.2 Å². The molecule has 1 aliphatic heterocycles. The zero-order valence-electron chi connectivity index (χ0n) is 14.5. The number of ether oxygens (including phenoxy) is 1. The minimum Gasteiger partial charge on any atom is -0.377 e. The fraction of sp³-hybridized carbons (Fsp3) is 0.500. The molecule has 0 saturated carbocycles. The Morgan fingerprint density at radius 1 is 1.32 bits per heavy atom. The Hall–Kier alpha value is -2.41. The van der Waals surface area contributed by atoms with Crippen LogP contribution in [0.3, 0.4) is 0 Å². The van der Waals surface area contributed by atoms with E-state index in [1.165, 1.54) is 0 Å². The van der Waals surface area contributed by atoms with Gasteiger partial charge in [-0.2, -0.15) is 4.98 Å². The van der Waals surface area contributed by atoms with Crippen LogP contribution in [0.2, 0.25) is 0 Å². The lowest BCUT2D eigenvalue weighted by molar-refractivity contribution is 0.158. The Morgan fingerprint density at radius 2 is 2.16 bits per heavy atom. The number of likely N-dealkylation sites (tertiary alicyclic amines) is 1. The van der Waals surface area contributed by atoms with Crippen LogP contribution in [0.1, 0.15) is 49.0 Å². The van der Waals surface area contributed by atoms with E-state index in [-0.39, 0.29) is 12.1 Å². The van der Waals surface area contributed by atoms with Crippen LogP contribution in [-0.2, 0) is 17.9 Å². The maximum Gasteiger partial charge on any atom is 0.318 e. The van der Waals surface area contributed by atoms with Gasteiger partial charge in [-0.15, -0.1) is 0 Å². The summed E-state index contributed by atoms with van der Waals surface area (Å²) in [6.45, 7) is 1.49. The molecule has 1 fully saturated rings. The van der Waals surface area contributed by atoms with Gasteiger partial charge in [-0.25, -0.2) is 4.79 Å². The third-order valence-electron chi connectivity index (χ3n) is 4.34. The van der Waals surface area contributed by atoms with Crippen LogP contribution in [0.4, 0.5) is 4.79 Å². The molecule has 7 nitrogen and oxygen atoms in total. The van der Waals surface area contributed by atoms with Crippen molar-refractivity contribution in [2.75, 3.05) is 13.7 Å². The summed E-state index contributed by atoms with van der Waals surface area (Å²) in [6.07, 6.45) is 3.94. The van der Waals surface area contributed by atoms with Crippen molar-refractivity contribution in [3.05, 3.63) is 47.6 Å². The Kier molecular flexibility index (Phi) is 6.00. The van der Waals surface area contributed by atoms with Gasteiger partial charge >= 0.3 is 6.03 Å². The summed E-state index contributed by atoms with van der Waals surface area (Å²) >= 11 is 0. The lowest BCUT2D eigenvalue weighted by Crippen LogP contribution is -2.42. The molecule has 1 atom stereocenters. The number of hydrogen-bond donors (Lipinski definition) is 1. The molecule has 1 unspecified atom stereocenters. The molecule has 1 saturated heterocycles. The van der Waals surface area contributed by atoms with Gasteiger partial charge in [0, 0.05) is 20.2 Å². The summed E-state index contributed by atoms with van der Waals surface area (Å²) in [5, 5.41) is 6.93. The number of amides is 2. The van der Waals surface area contributed by atoms with Gasteiger partial charge < -0.3 is 19.5 Å². The molecule has 2 aromatic rings. The summed E-state index contributed by atoms with van der Waals surface area (Å²) < 4.78 is 10.4. The van der Waals surface area contributed by atoms with Crippen molar-refractivity contribution < 1.29 is 14.1 Å². The number of methoxy groups -OCH3 is 1. The molecule has 0 aliphatic carbocycles. The van der Waals surface area contributed by atoms with Crippen LogP contribution in [-0.4, -0.2) is 34.7 Å². The van der Waals surface area contributed by atoms with E-state index in [2.05, 4.69) is 15.5 Å². The van der Waals surface area contributed by atoms with Crippen molar-refractivity contribution in [3.63, 3.8) is 0 Å². The standard InChI is InChI=1S/C18H24N4O3/c1-24-13-16-20-17(25-21-16)15-10-6-3-7-11-22(15)18(23)19-12-14-8-4-2-5-9-14/h2,4-5,8-9,15H,3,6-7,10-13H2,1H3,(H,19,23). The Balaban J connectivity index is 1.69. The highest BCUT2D eigenvalue weighted by atomic mass is 16.5. The average Bonchev–Trinajstić information content (AvgIpc) is 2.96. The topological polar surface area (TPSA) is 80.5 Å². The Morgan fingerprint density at radius 3 is 2.96 bits per heavy atom. The number of benzene rings is 1. The molecule has 7 heteroatoms. The summed E-state index contributed by atoms with van der Waals surface area (Å²) in [4.78, 5) is 19.0. The molecule has 2 heterocycles. The van der Waals surface area contributed by atoms with E-state index in [9.17, 15) is 4.79 Å². The minimum absolute atomic E-state index is 0.0951. The number of nitrogens with zero attached hydrogens (tertiary/aromatic N) is 3. The number of hydrogen-bond acceptors (Lipinski definition) is 5. The first-order valence-electron chi connectivity index (χ1n) is 8.67. The van der Waals surface area contributed by atoms with E-state index >= 15 is 0 Å². The summed E-state index contributed by atoms with van der Waals surface area (Å²) in [6, 6.07) is 9.60. The molecule has 2 amide bonds. The SMILES string of the molecule is COCc1noc(C2CCCCCN2C(=O)NCc2ccccc2)n1. The second-order valence-corrected chi connectivity index (χ2v) is 6.18. The van der Waals surface area contributed by atoms with Crippen molar-refractivity contribution in [2.24, 2.45) is 0 Å². The third-order valence-corrected chi connectivity index (χ3v) is 4.34. The molecule has 1 N–H and O–H groups in total. The first-order valence-corrected chi connectivity index (χ1v) is 8.67. The number of carbonyl (C=O) groups is 1. The van der Waals surface area contributed by atoms with E-state index in [0.717, 1.165) is 31.2 Å². The van der Waals surface area contributed by atoms with Crippen LogP contribution in [0.15, 0.2) is 34.9 Å². The maximum absolute atomic E-state index is 12.7. The first-order chi connectivity index (χ1) is 12.3. The predicted octanol–water partition coefficient (Wildman–Crippen LogP) is 3.04. The second-order valence-electron chi connectivity index (χ2n) is 6.18. The van der Waals surface area contributed by atoms with Crippen LogP contribution < -0.4 is 5.32 Å². The Bertz CT molecular complexity index is 674. The number of nitrogens with one attached hydrogen (secondary N) is 1. The van der Waals surface area contributed by atoms with Crippen molar-refractivity contribution in [3.8, 4) is 0 Å². The van der Waals surface area contributed by atoms with Gasteiger partial charge in [0.1, 0.15) is 12.6 Å². The molecular formula is C18H24N4O3. The van der Waals surface area contributed by atoms with Gasteiger partial charge in [0.25, 0.3) is 0 Å². The van der Waals surface area contributed by atoms with Crippen molar-refractivity contribution in [2.45, 2.75) is 44.9 Å². The largest absolute Gasteiger partial charge is 0.377 e. The smallest absolute Gasteiger partial charge is 0.318 e. The first kappa shape index (κ1) is 17.4. The highest BCUT2D eigenvalue weighted by Gasteiger charge is 2.31. The lowest BCUT2D eigenvalue weighted by Gasteiger charge is -2.27. The minimum atomic E-state index is -0.184. The van der Waals surface area contributed by atoms with Crippen molar-refractivity contribution in [1.29, 1.82) is 0 Å². The Labute approximate surface area is 147 Å². The zero-order valence-corrected chi connectivity index (χ0v) is 14.5. The van der Waals surface area contributed by atoms with Crippen molar-refractivity contribution in [1.82, 2.24) is 20.4 Å². The van der Waals surface area contributed by atoms with Crippen LogP contribution in [0, 0.1) is 0 Å². The predicted molar refractivity (Wildman–Crippen MR) is 91.6 cm³/mol. The summed E-state index contributed by atoms with van der Waals surface area (Å²) in [5.74, 6) is 0.996. The fourth-order valence-corrected chi connectivity index (χ4v) is 3.07. The number of carbonyl (C=O) groups excluding carboxylic acids is 1. The van der Waals surface area contributed by atoms with E-state index < -0.39 is 0 Å². The van der Waals surface area contributed by atoms with Gasteiger partial charge in [-0.05, 0) is 18.4 Å². The molecule has 1 aromatic heterocycles. The van der Waals surface area contributed by atoms with Gasteiger partial charge in [0.2, 0.25) is 5.89 Å². The van der Waals surface area contributed by atoms with Gasteiger partial charge in [0.15, 0.2) is 5.82 Å². The number of rotatable bonds is 5. The number of urea groups is 1. The van der Waals surface area contributed by atoms with Gasteiger partial charge in [-0.3, -0.25) is 0 Å². The lowest BCUT2D eigenvalue weighted by atomic mass is 10.1. The molecule has 1 aliphatic rings. The van der Waals surface area contributed by atoms with Crippen LogP contribution in [0.5, 0.6) is 0 Å². The monoisotopic (exact) mass is 344 g/mol. The molecular weight excluding hydrogens is 320 g/mol. The van der Waals surface area contributed by atoms with Crippen LogP contribution in [0.25, 0.3) is 0 Å². The fourth-order valence-electron chi connectivity index (χ4n) is 3.07. The highest BCUT2D eigenvalue weighted by Crippen LogP contribution is 2.29. The number of aromatic nitrogens is 2. The molecule has 25 heavy (non-hydrogen) atoms. The van der Waals surface area contributed by atoms with Crippen LogP contribution >= 0.6 is 0 Å². The summed E-state index contributed by atoms with van der Waals surface area (Å²) in [7, 11) is 1.59. The zero-order chi connectivity index (χ0) is 17.5. The summed E-state index contributed by atoms with van der Waals surface area (Å²) in [5.41, 5.74) is 1.07. The quantitative estimate of drug-likeness (QED) is 0.902. The average molecular weight is 344 g/mol. The molecule has 1 aromatic carbocycles. The van der Waals surface area contributed by atoms with Gasteiger partial charge in [0.05, 0.1) is 0 Å². The maximum atomic E-state index is 12.7.